The SMILES string of the molecule is CCCOc1cc(C=C(C#N)C#N)sc1-c1cc2c(s1)-c1sc3cc(-c4sc(C=C(C#N)C#N)cc4OCCC)sc3c1C21CCCCC1. The van der Waals surface area contributed by atoms with Crippen molar-refractivity contribution >= 4 is 78.2 Å². The zero-order chi connectivity index (χ0) is 34.1. The van der Waals surface area contributed by atoms with Gasteiger partial charge in [-0.05, 0) is 67.7 Å². The van der Waals surface area contributed by atoms with E-state index in [1.54, 1.807) is 34.8 Å². The second kappa shape index (κ2) is 14.0. The number of hydrogen-bond donors (Lipinski definition) is 0. The topological polar surface area (TPSA) is 114 Å². The molecule has 0 unspecified atom stereocenters. The van der Waals surface area contributed by atoms with E-state index in [1.165, 1.54) is 54.4 Å². The first-order valence-corrected chi connectivity index (χ1v) is 20.3. The summed E-state index contributed by atoms with van der Waals surface area (Å²) in [7, 11) is 0. The van der Waals surface area contributed by atoms with Gasteiger partial charge in [0.05, 0.1) is 37.4 Å². The van der Waals surface area contributed by atoms with Crippen LogP contribution in [0.15, 0.2) is 35.4 Å². The van der Waals surface area contributed by atoms with Crippen LogP contribution < -0.4 is 9.47 Å². The maximum absolute atomic E-state index is 9.37. The zero-order valence-electron chi connectivity index (χ0n) is 27.0. The number of nitrogens with zero attached hydrogens (tertiary/aromatic N) is 4. The number of ether oxygens (including phenoxy) is 2. The highest BCUT2D eigenvalue weighted by Crippen LogP contribution is 2.65. The van der Waals surface area contributed by atoms with Gasteiger partial charge in [0.25, 0.3) is 0 Å². The van der Waals surface area contributed by atoms with Crippen LogP contribution in [0.3, 0.4) is 0 Å². The smallest absolute Gasteiger partial charge is 0.139 e. The molecule has 1 spiro atoms. The maximum atomic E-state index is 9.37. The lowest BCUT2D eigenvalue weighted by molar-refractivity contribution is 0.320. The molecule has 6 nitrogen and oxygen atoms in total. The fraction of sp³-hybridized carbons (Fsp3) is 0.316. The van der Waals surface area contributed by atoms with Gasteiger partial charge in [0.1, 0.15) is 46.9 Å². The molecule has 0 aliphatic heterocycles. The van der Waals surface area contributed by atoms with E-state index in [-0.39, 0.29) is 16.6 Å². The van der Waals surface area contributed by atoms with Gasteiger partial charge in [0.2, 0.25) is 0 Å². The number of thiophene rings is 5. The minimum absolute atomic E-state index is 0.0311. The average molecular weight is 735 g/mol. The Morgan fingerprint density at radius 1 is 0.673 bits per heavy atom. The molecule has 0 aromatic carbocycles. The van der Waals surface area contributed by atoms with Crippen molar-refractivity contribution in [3.8, 4) is 65.0 Å². The Hall–Kier alpha value is -4.20. The van der Waals surface area contributed by atoms with Crippen molar-refractivity contribution in [3.05, 3.63) is 56.3 Å². The quantitative estimate of drug-likeness (QED) is 0.132. The van der Waals surface area contributed by atoms with Crippen molar-refractivity contribution in [3.63, 3.8) is 0 Å². The fourth-order valence-electron chi connectivity index (χ4n) is 6.80. The van der Waals surface area contributed by atoms with Gasteiger partial charge >= 0.3 is 0 Å². The van der Waals surface area contributed by atoms with Gasteiger partial charge in [-0.2, -0.15) is 21.0 Å². The number of allylic oxidation sites excluding steroid dienone is 2. The lowest BCUT2D eigenvalue weighted by Crippen LogP contribution is -2.27. The highest BCUT2D eigenvalue weighted by atomic mass is 32.1. The normalized spacial score (nSPS) is 13.9. The first-order chi connectivity index (χ1) is 24.0. The first-order valence-electron chi connectivity index (χ1n) is 16.3. The van der Waals surface area contributed by atoms with Crippen LogP contribution in [-0.4, -0.2) is 13.2 Å². The van der Waals surface area contributed by atoms with Gasteiger partial charge in [0, 0.05) is 35.2 Å². The summed E-state index contributed by atoms with van der Waals surface area (Å²) in [5.41, 5.74) is 3.06. The summed E-state index contributed by atoms with van der Waals surface area (Å²) in [6.45, 7) is 5.37. The summed E-state index contributed by atoms with van der Waals surface area (Å²) in [6, 6.07) is 16.5. The van der Waals surface area contributed by atoms with Crippen molar-refractivity contribution in [2.75, 3.05) is 13.2 Å². The molecular formula is C38H30N4O2S5. The fourth-order valence-corrected chi connectivity index (χ4v) is 13.3. The summed E-state index contributed by atoms with van der Waals surface area (Å²) in [5, 5.41) is 37.4. The molecule has 0 atom stereocenters. The molecule has 0 radical (unpaired) electrons. The number of fused-ring (bicyclic) bond motifs is 7. The van der Waals surface area contributed by atoms with Crippen molar-refractivity contribution in [1.29, 1.82) is 21.0 Å². The van der Waals surface area contributed by atoms with Gasteiger partial charge in [0.15, 0.2) is 0 Å². The molecule has 5 aromatic heterocycles. The molecule has 0 saturated heterocycles. The number of hydrogen-bond acceptors (Lipinski definition) is 11. The zero-order valence-corrected chi connectivity index (χ0v) is 31.1. The molecule has 1 saturated carbocycles. The third-order valence-electron chi connectivity index (χ3n) is 8.86. The lowest BCUT2D eigenvalue weighted by Gasteiger charge is -2.35. The molecular weight excluding hydrogens is 705 g/mol. The molecule has 5 heterocycles. The average Bonchev–Trinajstić information content (AvgIpc) is 3.96. The molecule has 11 heteroatoms. The standard InChI is InChI=1S/C38H30N4O2S5/c1-3-10-43-27-14-24(12-22(18-39)19-40)45-34(27)29-16-26-33(47-29)37-32(38(26)8-6-5-7-9-38)36-31(49-37)17-30(48-36)35-28(44-11-4-2)15-25(46-35)13-23(20-41)21-42/h12-17H,3-11H2,1-2H3. The summed E-state index contributed by atoms with van der Waals surface area (Å²) >= 11 is 8.71. The van der Waals surface area contributed by atoms with Crippen LogP contribution in [0.2, 0.25) is 0 Å². The monoisotopic (exact) mass is 734 g/mol. The van der Waals surface area contributed by atoms with Gasteiger partial charge in [-0.3, -0.25) is 0 Å². The molecule has 1 fully saturated rings. The summed E-state index contributed by atoms with van der Waals surface area (Å²) in [6.07, 6.45) is 11.0. The number of nitriles is 4. The van der Waals surface area contributed by atoms with E-state index in [0.717, 1.165) is 61.6 Å². The van der Waals surface area contributed by atoms with Crippen molar-refractivity contribution < 1.29 is 9.47 Å². The molecule has 7 rings (SSSR count). The van der Waals surface area contributed by atoms with Crippen LogP contribution in [0.4, 0.5) is 0 Å². The van der Waals surface area contributed by atoms with Crippen molar-refractivity contribution in [2.24, 2.45) is 0 Å². The molecule has 0 amide bonds. The predicted molar refractivity (Wildman–Crippen MR) is 203 cm³/mol. The van der Waals surface area contributed by atoms with Crippen LogP contribution >= 0.6 is 56.7 Å². The Kier molecular flexibility index (Phi) is 9.49. The first kappa shape index (κ1) is 33.3. The van der Waals surface area contributed by atoms with Gasteiger partial charge in [-0.15, -0.1) is 56.7 Å². The Morgan fingerprint density at radius 2 is 1.22 bits per heavy atom. The highest BCUT2D eigenvalue weighted by molar-refractivity contribution is 7.34. The predicted octanol–water partition coefficient (Wildman–Crippen LogP) is 12.2. The Morgan fingerprint density at radius 3 is 1.76 bits per heavy atom. The summed E-state index contributed by atoms with van der Waals surface area (Å²) < 4.78 is 15.1. The third-order valence-corrected chi connectivity index (χ3v) is 15.1. The van der Waals surface area contributed by atoms with Crippen LogP contribution in [0, 0.1) is 45.3 Å². The van der Waals surface area contributed by atoms with E-state index >= 15 is 0 Å². The Labute approximate surface area is 305 Å². The van der Waals surface area contributed by atoms with Crippen LogP contribution in [0.5, 0.6) is 11.5 Å². The Bertz CT molecular complexity index is 2280. The van der Waals surface area contributed by atoms with Gasteiger partial charge in [-0.1, -0.05) is 33.1 Å². The minimum atomic E-state index is -0.0311. The van der Waals surface area contributed by atoms with E-state index in [2.05, 4.69) is 26.0 Å². The van der Waals surface area contributed by atoms with E-state index in [1.807, 2.05) is 70.4 Å². The molecule has 2 aliphatic rings. The second-order valence-electron chi connectivity index (χ2n) is 12.1. The molecule has 0 bridgehead atoms. The molecule has 49 heavy (non-hydrogen) atoms. The Balaban J connectivity index is 1.34. The highest BCUT2D eigenvalue weighted by Gasteiger charge is 2.48. The molecule has 0 N–H and O–H groups in total. The van der Waals surface area contributed by atoms with E-state index in [9.17, 15) is 21.0 Å². The van der Waals surface area contributed by atoms with E-state index in [4.69, 9.17) is 9.47 Å². The van der Waals surface area contributed by atoms with Crippen LogP contribution in [0.25, 0.3) is 50.8 Å². The summed E-state index contributed by atoms with van der Waals surface area (Å²) in [4.78, 5) is 8.86. The third kappa shape index (κ3) is 5.91. The van der Waals surface area contributed by atoms with Crippen molar-refractivity contribution in [2.45, 2.75) is 64.2 Å². The van der Waals surface area contributed by atoms with Crippen LogP contribution in [-0.2, 0) is 5.41 Å². The second-order valence-corrected chi connectivity index (χ2v) is 17.4. The number of rotatable bonds is 10. The lowest BCUT2D eigenvalue weighted by atomic mass is 9.68. The summed E-state index contributed by atoms with van der Waals surface area (Å²) in [5.74, 6) is 1.61. The largest absolute Gasteiger partial charge is 0.492 e. The molecule has 244 valence electrons. The van der Waals surface area contributed by atoms with E-state index in [0.29, 0.717) is 13.2 Å². The van der Waals surface area contributed by atoms with Crippen molar-refractivity contribution in [1.82, 2.24) is 0 Å². The van der Waals surface area contributed by atoms with Crippen LogP contribution in [0.1, 0.15) is 79.7 Å². The minimum Gasteiger partial charge on any atom is -0.492 e. The maximum Gasteiger partial charge on any atom is 0.139 e. The molecule has 2 aliphatic carbocycles. The van der Waals surface area contributed by atoms with E-state index < -0.39 is 0 Å². The van der Waals surface area contributed by atoms with Gasteiger partial charge < -0.3 is 9.47 Å². The van der Waals surface area contributed by atoms with Gasteiger partial charge in [-0.25, -0.2) is 0 Å². The molecule has 5 aromatic rings.